The van der Waals surface area contributed by atoms with Crippen molar-refractivity contribution in [2.75, 3.05) is 0 Å². The van der Waals surface area contributed by atoms with E-state index in [0.717, 1.165) is 25.7 Å². The van der Waals surface area contributed by atoms with Crippen molar-refractivity contribution in [3.05, 3.63) is 10.2 Å². The second kappa shape index (κ2) is 9.27. The van der Waals surface area contributed by atoms with Crippen molar-refractivity contribution in [1.82, 2.24) is 0 Å². The summed E-state index contributed by atoms with van der Waals surface area (Å²) in [5.41, 5.74) is -1.28. The molecule has 0 saturated heterocycles. The van der Waals surface area contributed by atoms with E-state index in [2.05, 4.69) is 37.0 Å². The quantitative estimate of drug-likeness (QED) is 0.330. The predicted octanol–water partition coefficient (Wildman–Crippen LogP) is 6.38. The van der Waals surface area contributed by atoms with Crippen molar-refractivity contribution in [1.29, 1.82) is 5.26 Å². The van der Waals surface area contributed by atoms with Gasteiger partial charge in [0, 0.05) is 0 Å². The van der Waals surface area contributed by atoms with Gasteiger partial charge >= 0.3 is 160 Å². The Balaban J connectivity index is 2.25. The topological polar surface area (TPSA) is 44.0 Å². The number of nitrogens with zero attached hydrogens (tertiary/aromatic N) is 1. The first-order valence-corrected chi connectivity index (χ1v) is 18.6. The third-order valence-electron chi connectivity index (χ3n) is 6.71. The van der Waals surface area contributed by atoms with Crippen LogP contribution in [0.5, 0.6) is 0 Å². The molecule has 1 N–H and O–H groups in total. The molecule has 0 aliphatic heterocycles. The van der Waals surface area contributed by atoms with Crippen LogP contribution in [0, 0.1) is 22.7 Å². The zero-order valence-corrected chi connectivity index (χ0v) is 19.7. The second-order valence-electron chi connectivity index (χ2n) is 8.80. The second-order valence-corrected chi connectivity index (χ2v) is 21.8. The zero-order chi connectivity index (χ0) is 18.4. The van der Waals surface area contributed by atoms with Crippen molar-refractivity contribution >= 4 is 18.4 Å². The predicted molar refractivity (Wildman–Crippen MR) is 109 cm³/mol. The van der Waals surface area contributed by atoms with E-state index in [-0.39, 0.29) is 0 Å². The average molecular weight is 452 g/mol. The van der Waals surface area contributed by atoms with Gasteiger partial charge < -0.3 is 0 Å². The maximum atomic E-state index is 11.5. The third-order valence-corrected chi connectivity index (χ3v) is 20.8. The normalized spacial score (nSPS) is 21.9. The third kappa shape index (κ3) is 5.04. The van der Waals surface area contributed by atoms with E-state index in [1.807, 2.05) is 0 Å². The molecule has 0 aromatic rings. The van der Waals surface area contributed by atoms with Crippen molar-refractivity contribution in [2.45, 2.75) is 104 Å². The van der Waals surface area contributed by atoms with Crippen molar-refractivity contribution in [3.8, 4) is 6.07 Å². The van der Waals surface area contributed by atoms with E-state index < -0.39 is 29.4 Å². The number of unbranched alkanes of at least 4 members (excludes halogenated alkanes) is 3. The minimum absolute atomic E-state index is 0.346. The fourth-order valence-electron chi connectivity index (χ4n) is 4.45. The van der Waals surface area contributed by atoms with Crippen LogP contribution in [0.3, 0.4) is 0 Å². The Bertz CT molecular complexity index is 465. The van der Waals surface area contributed by atoms with E-state index in [4.69, 9.17) is 0 Å². The van der Waals surface area contributed by atoms with E-state index in [0.29, 0.717) is 5.92 Å². The van der Waals surface area contributed by atoms with Gasteiger partial charge in [0.2, 0.25) is 0 Å². The summed E-state index contributed by atoms with van der Waals surface area (Å²) in [7, 11) is 0. The molecule has 2 aliphatic carbocycles. The van der Waals surface area contributed by atoms with Crippen LogP contribution in [-0.4, -0.2) is 29.1 Å². The zero-order valence-electron chi connectivity index (χ0n) is 16.8. The number of hydrogen-bond donors (Lipinski definition) is 1. The maximum absolute atomic E-state index is 11.5. The summed E-state index contributed by atoms with van der Waals surface area (Å²) in [6.45, 7) is 6.90. The molecule has 0 bridgehead atoms. The first kappa shape index (κ1) is 21.3. The van der Waals surface area contributed by atoms with Gasteiger partial charge in [0.15, 0.2) is 0 Å². The van der Waals surface area contributed by atoms with Crippen LogP contribution in [0.15, 0.2) is 10.2 Å². The number of aliphatic hydroxyl groups is 1. The van der Waals surface area contributed by atoms with Gasteiger partial charge in [-0.1, -0.05) is 0 Å². The Kier molecular flexibility index (Phi) is 7.89. The molecular weight excluding hydrogens is 413 g/mol. The standard InChI is InChI=1S/C10H12NO.3C4H9.Sn/c1-2-10(12,8-3-4-8)9(7-11)5-6-9;3*1-3-4-2;/h1-2,8,12H,3-6H2;3*1,3-4H2,2H3;. The molecular formula is C22H39NOSn. The first-order chi connectivity index (χ1) is 12.0. The summed E-state index contributed by atoms with van der Waals surface area (Å²) in [6.07, 6.45) is 14.1. The SMILES string of the molecule is CCC[CH2][Sn](/[CH]=C/C(O)(C1CC1)C1(C#N)CC1)([CH2]CCC)[CH2]CCC. The minimum atomic E-state index is -2.38. The summed E-state index contributed by atoms with van der Waals surface area (Å²) in [5.74, 6) is 0.346. The molecule has 2 fully saturated rings. The molecule has 0 aromatic heterocycles. The van der Waals surface area contributed by atoms with Crippen molar-refractivity contribution < 1.29 is 5.11 Å². The Morgan fingerprint density at radius 2 is 1.52 bits per heavy atom. The van der Waals surface area contributed by atoms with Crippen molar-refractivity contribution in [3.63, 3.8) is 0 Å². The molecule has 0 amide bonds. The van der Waals surface area contributed by atoms with E-state index >= 15 is 0 Å². The Morgan fingerprint density at radius 1 is 1.04 bits per heavy atom. The summed E-state index contributed by atoms with van der Waals surface area (Å²) in [5, 5.41) is 21.2. The number of nitriles is 1. The van der Waals surface area contributed by atoms with Gasteiger partial charge in [0.05, 0.1) is 0 Å². The van der Waals surface area contributed by atoms with Gasteiger partial charge in [-0.3, -0.25) is 0 Å². The molecule has 25 heavy (non-hydrogen) atoms. The molecule has 0 aromatic carbocycles. The van der Waals surface area contributed by atoms with Crippen LogP contribution in [-0.2, 0) is 0 Å². The molecule has 2 rings (SSSR count). The van der Waals surface area contributed by atoms with E-state index in [1.54, 1.807) is 0 Å². The van der Waals surface area contributed by atoms with Crippen molar-refractivity contribution in [2.24, 2.45) is 11.3 Å². The molecule has 0 radical (unpaired) electrons. The first-order valence-electron chi connectivity index (χ1n) is 10.9. The Morgan fingerprint density at radius 3 is 1.84 bits per heavy atom. The number of hydrogen-bond acceptors (Lipinski definition) is 2. The molecule has 2 aliphatic rings. The summed E-state index contributed by atoms with van der Waals surface area (Å²) < 4.78 is 6.89. The summed E-state index contributed by atoms with van der Waals surface area (Å²) in [6, 6.07) is 2.50. The van der Waals surface area contributed by atoms with Gasteiger partial charge in [-0.25, -0.2) is 0 Å². The van der Waals surface area contributed by atoms with Crippen LogP contribution in [0.4, 0.5) is 0 Å². The van der Waals surface area contributed by atoms with Crippen LogP contribution in [0.1, 0.15) is 85.0 Å². The fourth-order valence-corrected chi connectivity index (χ4v) is 18.8. The van der Waals surface area contributed by atoms with Gasteiger partial charge in [-0.05, 0) is 0 Å². The molecule has 1 atom stereocenters. The monoisotopic (exact) mass is 453 g/mol. The molecule has 2 saturated carbocycles. The van der Waals surface area contributed by atoms with Gasteiger partial charge in [0.1, 0.15) is 0 Å². The summed E-state index contributed by atoms with van der Waals surface area (Å²) in [4.78, 5) is 0. The van der Waals surface area contributed by atoms with Gasteiger partial charge in [0.25, 0.3) is 0 Å². The molecule has 0 heterocycles. The average Bonchev–Trinajstić information content (AvgIpc) is 3.52. The molecule has 142 valence electrons. The van der Waals surface area contributed by atoms with Crippen LogP contribution < -0.4 is 0 Å². The summed E-state index contributed by atoms with van der Waals surface area (Å²) >= 11 is -2.38. The molecule has 3 heteroatoms. The van der Waals surface area contributed by atoms with Crippen LogP contribution >= 0.6 is 0 Å². The Labute approximate surface area is 160 Å². The Hall–Kier alpha value is -0.0113. The van der Waals surface area contributed by atoms with E-state index in [9.17, 15) is 10.4 Å². The molecule has 2 nitrogen and oxygen atoms in total. The van der Waals surface area contributed by atoms with E-state index in [1.165, 1.54) is 51.8 Å². The van der Waals surface area contributed by atoms with Gasteiger partial charge in [-0.15, -0.1) is 0 Å². The van der Waals surface area contributed by atoms with Crippen LogP contribution in [0.25, 0.3) is 0 Å². The molecule has 1 unspecified atom stereocenters. The fraction of sp³-hybridized carbons (Fsp3) is 0.864. The number of rotatable bonds is 13. The molecule has 0 spiro atoms. The van der Waals surface area contributed by atoms with Crippen LogP contribution in [0.2, 0.25) is 13.3 Å². The van der Waals surface area contributed by atoms with Gasteiger partial charge in [-0.2, -0.15) is 0 Å².